The highest BCUT2D eigenvalue weighted by Gasteiger charge is 2.49. The molecule has 1 unspecified atom stereocenters. The van der Waals surface area contributed by atoms with Crippen LogP contribution in [0, 0.1) is 5.41 Å². The molecule has 1 rings (SSSR count). The molecule has 1 saturated carbocycles. The van der Waals surface area contributed by atoms with Crippen molar-refractivity contribution in [3.63, 3.8) is 0 Å². The minimum atomic E-state index is -0.414. The zero-order valence-electron chi connectivity index (χ0n) is 9.58. The Balaban J connectivity index is 2.44. The van der Waals surface area contributed by atoms with Gasteiger partial charge in [-0.25, -0.2) is 0 Å². The number of carbonyl (C=O) groups excluding carboxylic acids is 1. The van der Waals surface area contributed by atoms with Gasteiger partial charge in [0.25, 0.3) is 0 Å². The molecule has 88 valence electrons. The zero-order chi connectivity index (χ0) is 11.5. The smallest absolute Gasteiger partial charge is 0.227 e. The Bertz CT molecular complexity index is 225. The summed E-state index contributed by atoms with van der Waals surface area (Å²) in [5.41, 5.74) is 5.24. The van der Waals surface area contributed by atoms with Gasteiger partial charge in [0.1, 0.15) is 0 Å². The molecule has 0 aromatic heterocycles. The molecule has 1 amide bonds. The maximum atomic E-state index is 11.8. The van der Waals surface area contributed by atoms with Gasteiger partial charge in [-0.2, -0.15) is 0 Å². The van der Waals surface area contributed by atoms with Crippen molar-refractivity contribution in [1.29, 1.82) is 0 Å². The number of rotatable bonds is 6. The summed E-state index contributed by atoms with van der Waals surface area (Å²) in [6, 6.07) is -0.170. The third kappa shape index (κ3) is 2.68. The van der Waals surface area contributed by atoms with Gasteiger partial charge < -0.3 is 20.5 Å². The highest BCUT2D eigenvalue weighted by Crippen LogP contribution is 2.44. The lowest BCUT2D eigenvalue weighted by molar-refractivity contribution is -0.139. The van der Waals surface area contributed by atoms with Crippen LogP contribution < -0.4 is 11.1 Å². The second kappa shape index (κ2) is 4.92. The Labute approximate surface area is 90.3 Å². The molecule has 3 N–H and O–H groups in total. The number of hydrogen-bond donors (Lipinski definition) is 2. The molecule has 0 aliphatic heterocycles. The normalized spacial score (nSPS) is 20.1. The molecule has 1 aliphatic carbocycles. The van der Waals surface area contributed by atoms with E-state index < -0.39 is 6.29 Å². The van der Waals surface area contributed by atoms with Gasteiger partial charge >= 0.3 is 0 Å². The first kappa shape index (κ1) is 12.4. The summed E-state index contributed by atoms with van der Waals surface area (Å²) in [6.45, 7) is 2.26. The van der Waals surface area contributed by atoms with Crippen LogP contribution >= 0.6 is 0 Å². The van der Waals surface area contributed by atoms with Gasteiger partial charge in [-0.1, -0.05) is 0 Å². The molecule has 5 nitrogen and oxygen atoms in total. The summed E-state index contributed by atoms with van der Waals surface area (Å²) in [7, 11) is 3.10. The zero-order valence-corrected chi connectivity index (χ0v) is 9.58. The van der Waals surface area contributed by atoms with Crippen molar-refractivity contribution in [2.75, 3.05) is 20.8 Å². The van der Waals surface area contributed by atoms with E-state index in [1.165, 1.54) is 0 Å². The number of carbonyl (C=O) groups is 1. The van der Waals surface area contributed by atoms with E-state index in [9.17, 15) is 4.79 Å². The van der Waals surface area contributed by atoms with Gasteiger partial charge in [0.15, 0.2) is 6.29 Å². The number of amides is 1. The van der Waals surface area contributed by atoms with Crippen molar-refractivity contribution in [3.8, 4) is 0 Å². The van der Waals surface area contributed by atoms with E-state index in [2.05, 4.69) is 5.32 Å². The first-order chi connectivity index (χ1) is 7.09. The quantitative estimate of drug-likeness (QED) is 0.605. The lowest BCUT2D eigenvalue weighted by Gasteiger charge is -2.24. The molecule has 0 spiro atoms. The Morgan fingerprint density at radius 1 is 1.47 bits per heavy atom. The Morgan fingerprint density at radius 3 is 2.33 bits per heavy atom. The second-order valence-corrected chi connectivity index (χ2v) is 4.09. The average Bonchev–Trinajstić information content (AvgIpc) is 3.00. The molecule has 1 aliphatic rings. The van der Waals surface area contributed by atoms with Crippen molar-refractivity contribution >= 4 is 5.91 Å². The van der Waals surface area contributed by atoms with Crippen LogP contribution in [-0.2, 0) is 14.3 Å². The number of nitrogens with two attached hydrogens (primary N) is 1. The fraction of sp³-hybridized carbons (Fsp3) is 0.900. The van der Waals surface area contributed by atoms with Crippen LogP contribution in [0.3, 0.4) is 0 Å². The molecule has 0 aromatic carbocycles. The number of ether oxygens (including phenoxy) is 2. The van der Waals surface area contributed by atoms with Crippen LogP contribution in [0.2, 0.25) is 0 Å². The van der Waals surface area contributed by atoms with E-state index in [4.69, 9.17) is 15.2 Å². The number of methoxy groups -OCH3 is 2. The topological polar surface area (TPSA) is 73.6 Å². The molecular formula is C10H20N2O3. The maximum absolute atomic E-state index is 11.8. The highest BCUT2D eigenvalue weighted by atomic mass is 16.7. The fourth-order valence-corrected chi connectivity index (χ4v) is 1.61. The second-order valence-electron chi connectivity index (χ2n) is 4.09. The molecule has 1 fully saturated rings. The van der Waals surface area contributed by atoms with E-state index in [-0.39, 0.29) is 17.4 Å². The van der Waals surface area contributed by atoms with E-state index in [0.29, 0.717) is 6.54 Å². The van der Waals surface area contributed by atoms with Crippen LogP contribution in [0.25, 0.3) is 0 Å². The Kier molecular flexibility index (Phi) is 4.07. The summed E-state index contributed by atoms with van der Waals surface area (Å²) in [5.74, 6) is 0.0107. The number of nitrogens with one attached hydrogen (secondary N) is 1. The van der Waals surface area contributed by atoms with Crippen LogP contribution in [0.5, 0.6) is 0 Å². The minimum Gasteiger partial charge on any atom is -0.354 e. The highest BCUT2D eigenvalue weighted by molar-refractivity contribution is 5.85. The lowest BCUT2D eigenvalue weighted by atomic mass is 10.1. The summed E-state index contributed by atoms with van der Waals surface area (Å²) in [4.78, 5) is 11.8. The monoisotopic (exact) mass is 216 g/mol. The summed E-state index contributed by atoms with van der Waals surface area (Å²) >= 11 is 0. The van der Waals surface area contributed by atoms with Crippen LogP contribution in [0.15, 0.2) is 0 Å². The van der Waals surface area contributed by atoms with Crippen molar-refractivity contribution in [1.82, 2.24) is 5.32 Å². The lowest BCUT2D eigenvalue weighted by Crippen LogP contribution is -2.47. The average molecular weight is 216 g/mol. The van der Waals surface area contributed by atoms with Crippen molar-refractivity contribution in [2.24, 2.45) is 11.1 Å². The molecule has 0 bridgehead atoms. The van der Waals surface area contributed by atoms with Gasteiger partial charge in [0.05, 0.1) is 11.5 Å². The van der Waals surface area contributed by atoms with E-state index in [0.717, 1.165) is 12.8 Å². The van der Waals surface area contributed by atoms with Crippen LogP contribution in [0.1, 0.15) is 19.8 Å². The van der Waals surface area contributed by atoms with E-state index in [1.54, 1.807) is 14.2 Å². The van der Waals surface area contributed by atoms with E-state index in [1.807, 2.05) is 6.92 Å². The SMILES string of the molecule is COC(OC)C(C)NC(=O)C1(CN)CC1. The van der Waals surface area contributed by atoms with Gasteiger partial charge in [-0.3, -0.25) is 4.79 Å². The molecule has 0 heterocycles. The summed E-state index contributed by atoms with van der Waals surface area (Å²) < 4.78 is 10.1. The summed E-state index contributed by atoms with van der Waals surface area (Å²) in [6.07, 6.45) is 1.35. The first-order valence-electron chi connectivity index (χ1n) is 5.16. The third-order valence-corrected chi connectivity index (χ3v) is 2.96. The number of hydrogen-bond acceptors (Lipinski definition) is 4. The fourth-order valence-electron chi connectivity index (χ4n) is 1.61. The Morgan fingerprint density at radius 2 is 2.00 bits per heavy atom. The molecule has 15 heavy (non-hydrogen) atoms. The standard InChI is InChI=1S/C10H20N2O3/c1-7(8(14-2)15-3)12-9(13)10(6-11)4-5-10/h7-8H,4-6,11H2,1-3H3,(H,12,13). The maximum Gasteiger partial charge on any atom is 0.227 e. The largest absolute Gasteiger partial charge is 0.354 e. The van der Waals surface area contributed by atoms with Crippen LogP contribution in [-0.4, -0.2) is 39.0 Å². The van der Waals surface area contributed by atoms with Gasteiger partial charge in [0, 0.05) is 20.8 Å². The van der Waals surface area contributed by atoms with Gasteiger partial charge in [0.2, 0.25) is 5.91 Å². The van der Waals surface area contributed by atoms with Crippen molar-refractivity contribution in [2.45, 2.75) is 32.1 Å². The third-order valence-electron chi connectivity index (χ3n) is 2.96. The van der Waals surface area contributed by atoms with Crippen molar-refractivity contribution in [3.05, 3.63) is 0 Å². The van der Waals surface area contributed by atoms with E-state index >= 15 is 0 Å². The van der Waals surface area contributed by atoms with Crippen LogP contribution in [0.4, 0.5) is 0 Å². The van der Waals surface area contributed by atoms with Gasteiger partial charge in [-0.05, 0) is 19.8 Å². The Hall–Kier alpha value is -0.650. The first-order valence-corrected chi connectivity index (χ1v) is 5.16. The molecule has 0 radical (unpaired) electrons. The summed E-state index contributed by atoms with van der Waals surface area (Å²) in [5, 5.41) is 2.87. The van der Waals surface area contributed by atoms with Crippen molar-refractivity contribution < 1.29 is 14.3 Å². The minimum absolute atomic E-state index is 0.0107. The van der Waals surface area contributed by atoms with Gasteiger partial charge in [-0.15, -0.1) is 0 Å². The predicted octanol–water partition coefficient (Wildman–Crippen LogP) is -0.151. The predicted molar refractivity (Wildman–Crippen MR) is 56.1 cm³/mol. The molecule has 1 atom stereocenters. The molecule has 0 aromatic rings. The molecule has 5 heteroatoms. The molecule has 0 saturated heterocycles. The molecular weight excluding hydrogens is 196 g/mol.